The summed E-state index contributed by atoms with van der Waals surface area (Å²) in [6.07, 6.45) is 1.72. The first-order chi connectivity index (χ1) is 12.6. The summed E-state index contributed by atoms with van der Waals surface area (Å²) in [6, 6.07) is 6.01. The molecule has 2 rings (SSSR count). The fraction of sp³-hybridized carbons (Fsp3) is 0.579. The van der Waals surface area contributed by atoms with Gasteiger partial charge in [0, 0.05) is 24.5 Å². The number of rotatable bonds is 6. The largest absolute Gasteiger partial charge is 0.465 e. The number of benzene rings is 1. The lowest BCUT2D eigenvalue weighted by atomic mass is 9.94. The molecule has 150 valence electrons. The molecule has 1 aromatic carbocycles. The Morgan fingerprint density at radius 1 is 1.22 bits per heavy atom. The van der Waals surface area contributed by atoms with Crippen molar-refractivity contribution < 1.29 is 22.7 Å². The molecule has 1 fully saturated rings. The van der Waals surface area contributed by atoms with Crippen molar-refractivity contribution in [2.75, 3.05) is 20.2 Å². The number of hydrogen-bond donors (Lipinski definition) is 1. The van der Waals surface area contributed by atoms with E-state index in [9.17, 15) is 18.0 Å². The van der Waals surface area contributed by atoms with Gasteiger partial charge in [0.1, 0.15) is 0 Å². The summed E-state index contributed by atoms with van der Waals surface area (Å²) < 4.78 is 32.0. The molecule has 1 N–H and O–H groups in total. The molecule has 0 aromatic heterocycles. The van der Waals surface area contributed by atoms with Crippen LogP contribution in [-0.4, -0.2) is 50.3 Å². The van der Waals surface area contributed by atoms with Crippen LogP contribution >= 0.6 is 0 Å². The predicted molar refractivity (Wildman–Crippen MR) is 102 cm³/mol. The molecule has 1 saturated heterocycles. The van der Waals surface area contributed by atoms with Crippen molar-refractivity contribution in [1.29, 1.82) is 0 Å². The Bertz CT molecular complexity index is 796. The number of methoxy groups -OCH3 is 1. The molecule has 7 nitrogen and oxygen atoms in total. The van der Waals surface area contributed by atoms with Crippen LogP contribution in [0, 0.1) is 5.92 Å². The van der Waals surface area contributed by atoms with Crippen LogP contribution in [0.1, 0.15) is 50.4 Å². The highest BCUT2D eigenvalue weighted by molar-refractivity contribution is 7.89. The van der Waals surface area contributed by atoms with Crippen LogP contribution < -0.4 is 5.32 Å². The molecule has 1 aromatic rings. The van der Waals surface area contributed by atoms with E-state index in [0.29, 0.717) is 12.8 Å². The SMILES string of the molecule is CCC(C)(C)NC(=O)C1CCN(S(=O)(=O)c2ccccc2C(=O)OC)CC1. The van der Waals surface area contributed by atoms with Crippen LogP contribution in [0.4, 0.5) is 0 Å². The minimum absolute atomic E-state index is 0.0181. The molecule has 8 heteroatoms. The number of esters is 1. The highest BCUT2D eigenvalue weighted by atomic mass is 32.2. The van der Waals surface area contributed by atoms with E-state index in [1.54, 1.807) is 12.1 Å². The lowest BCUT2D eigenvalue weighted by Crippen LogP contribution is -2.49. The van der Waals surface area contributed by atoms with Crippen LogP contribution in [0.15, 0.2) is 29.2 Å². The molecule has 0 radical (unpaired) electrons. The monoisotopic (exact) mass is 396 g/mol. The van der Waals surface area contributed by atoms with Gasteiger partial charge in [-0.2, -0.15) is 4.31 Å². The van der Waals surface area contributed by atoms with Crippen molar-refractivity contribution in [3.63, 3.8) is 0 Å². The second kappa shape index (κ2) is 8.39. The summed E-state index contributed by atoms with van der Waals surface area (Å²) in [5, 5.41) is 3.02. The first-order valence-electron chi connectivity index (χ1n) is 9.12. The summed E-state index contributed by atoms with van der Waals surface area (Å²) in [5.74, 6) is -0.933. The van der Waals surface area contributed by atoms with Gasteiger partial charge >= 0.3 is 5.97 Å². The molecular weight excluding hydrogens is 368 g/mol. The van der Waals surface area contributed by atoms with Gasteiger partial charge in [0.25, 0.3) is 0 Å². The maximum absolute atomic E-state index is 13.0. The Hall–Kier alpha value is -1.93. The quantitative estimate of drug-likeness (QED) is 0.744. The van der Waals surface area contributed by atoms with Crippen molar-refractivity contribution in [3.8, 4) is 0 Å². The van der Waals surface area contributed by atoms with Gasteiger partial charge in [0.05, 0.1) is 17.6 Å². The molecule has 1 amide bonds. The minimum Gasteiger partial charge on any atom is -0.465 e. The molecule has 1 heterocycles. The Kier molecular flexibility index (Phi) is 6.64. The third-order valence-electron chi connectivity index (χ3n) is 5.08. The summed E-state index contributed by atoms with van der Waals surface area (Å²) >= 11 is 0. The Labute approximate surface area is 161 Å². The van der Waals surface area contributed by atoms with E-state index < -0.39 is 16.0 Å². The van der Waals surface area contributed by atoms with Gasteiger partial charge in [0.2, 0.25) is 15.9 Å². The number of carbonyl (C=O) groups excluding carboxylic acids is 2. The lowest BCUT2D eigenvalue weighted by molar-refractivity contribution is -0.127. The minimum atomic E-state index is -3.84. The average molecular weight is 397 g/mol. The molecule has 0 atom stereocenters. The van der Waals surface area contributed by atoms with Crippen LogP contribution in [0.25, 0.3) is 0 Å². The smallest absolute Gasteiger partial charge is 0.339 e. The number of nitrogens with zero attached hydrogens (tertiary/aromatic N) is 1. The molecule has 27 heavy (non-hydrogen) atoms. The van der Waals surface area contributed by atoms with Gasteiger partial charge in [0.15, 0.2) is 0 Å². The molecular formula is C19H28N2O5S. The number of carbonyl (C=O) groups is 2. The van der Waals surface area contributed by atoms with Gasteiger partial charge in [-0.05, 0) is 45.2 Å². The summed E-state index contributed by atoms with van der Waals surface area (Å²) in [6.45, 7) is 6.42. The second-order valence-corrected chi connectivity index (χ2v) is 9.30. The third kappa shape index (κ3) is 4.87. The molecule has 0 bridgehead atoms. The fourth-order valence-electron chi connectivity index (χ4n) is 2.99. The van der Waals surface area contributed by atoms with Crippen molar-refractivity contribution in [3.05, 3.63) is 29.8 Å². The maximum Gasteiger partial charge on any atom is 0.339 e. The van der Waals surface area contributed by atoms with E-state index >= 15 is 0 Å². The van der Waals surface area contributed by atoms with E-state index in [2.05, 4.69) is 5.32 Å². The third-order valence-corrected chi connectivity index (χ3v) is 7.04. The van der Waals surface area contributed by atoms with Crippen LogP contribution in [0.3, 0.4) is 0 Å². The molecule has 0 spiro atoms. The second-order valence-electron chi connectivity index (χ2n) is 7.39. The van der Waals surface area contributed by atoms with Crippen molar-refractivity contribution in [2.45, 2.75) is 50.5 Å². The molecule has 1 aliphatic heterocycles. The number of ether oxygens (including phenoxy) is 1. The Morgan fingerprint density at radius 2 is 1.81 bits per heavy atom. The van der Waals surface area contributed by atoms with Crippen LogP contribution in [0.2, 0.25) is 0 Å². The van der Waals surface area contributed by atoms with Gasteiger partial charge in [-0.15, -0.1) is 0 Å². The van der Waals surface area contributed by atoms with Crippen molar-refractivity contribution in [1.82, 2.24) is 9.62 Å². The molecule has 0 unspecified atom stereocenters. The highest BCUT2D eigenvalue weighted by Gasteiger charge is 2.35. The zero-order valence-electron chi connectivity index (χ0n) is 16.3. The average Bonchev–Trinajstić information content (AvgIpc) is 2.67. The number of amides is 1. The Morgan fingerprint density at radius 3 is 2.37 bits per heavy atom. The maximum atomic E-state index is 13.0. The van der Waals surface area contributed by atoms with E-state index in [0.717, 1.165) is 6.42 Å². The standard InChI is InChI=1S/C19H28N2O5S/c1-5-19(2,3)20-17(22)14-10-12-21(13-11-14)27(24,25)16-9-7-6-8-15(16)18(23)26-4/h6-9,14H,5,10-13H2,1-4H3,(H,20,22). The van der Waals surface area contributed by atoms with Crippen molar-refractivity contribution >= 4 is 21.9 Å². The fourth-order valence-corrected chi connectivity index (χ4v) is 4.64. The first kappa shape index (κ1) is 21.4. The summed E-state index contributed by atoms with van der Waals surface area (Å²) in [5.41, 5.74) is -0.260. The zero-order chi connectivity index (χ0) is 20.2. The van der Waals surface area contributed by atoms with E-state index in [1.807, 2.05) is 20.8 Å². The lowest BCUT2D eigenvalue weighted by Gasteiger charge is -2.33. The van der Waals surface area contributed by atoms with E-state index in [-0.39, 0.29) is 40.9 Å². The number of sulfonamides is 1. The predicted octanol–water partition coefficient (Wildman–Crippen LogP) is 2.18. The summed E-state index contributed by atoms with van der Waals surface area (Å²) in [7, 11) is -2.62. The van der Waals surface area contributed by atoms with Crippen molar-refractivity contribution in [2.24, 2.45) is 5.92 Å². The van der Waals surface area contributed by atoms with Crippen LogP contribution in [0.5, 0.6) is 0 Å². The molecule has 1 aliphatic rings. The van der Waals surface area contributed by atoms with Gasteiger partial charge in [-0.25, -0.2) is 13.2 Å². The normalized spacial score (nSPS) is 16.7. The van der Waals surface area contributed by atoms with E-state index in [1.165, 1.54) is 23.5 Å². The van der Waals surface area contributed by atoms with Gasteiger partial charge in [-0.3, -0.25) is 4.79 Å². The van der Waals surface area contributed by atoms with Crippen LogP contribution in [-0.2, 0) is 19.6 Å². The first-order valence-corrected chi connectivity index (χ1v) is 10.6. The zero-order valence-corrected chi connectivity index (χ0v) is 17.1. The number of hydrogen-bond acceptors (Lipinski definition) is 5. The number of piperidine rings is 1. The van der Waals surface area contributed by atoms with Gasteiger partial charge in [-0.1, -0.05) is 19.1 Å². The Balaban J connectivity index is 2.12. The molecule has 0 saturated carbocycles. The highest BCUT2D eigenvalue weighted by Crippen LogP contribution is 2.27. The van der Waals surface area contributed by atoms with Gasteiger partial charge < -0.3 is 10.1 Å². The number of nitrogens with one attached hydrogen (secondary N) is 1. The topological polar surface area (TPSA) is 92.8 Å². The van der Waals surface area contributed by atoms with E-state index in [4.69, 9.17) is 4.74 Å². The summed E-state index contributed by atoms with van der Waals surface area (Å²) in [4.78, 5) is 24.3. The molecule has 0 aliphatic carbocycles.